The van der Waals surface area contributed by atoms with Gasteiger partial charge in [-0.15, -0.1) is 0 Å². The molecule has 0 saturated carbocycles. The summed E-state index contributed by atoms with van der Waals surface area (Å²) in [6.45, 7) is 6.59. The van der Waals surface area contributed by atoms with Gasteiger partial charge < -0.3 is 11.5 Å². The highest BCUT2D eigenvalue weighted by Crippen LogP contribution is 2.32. The number of hydrogen-bond acceptors (Lipinski definition) is 2. The van der Waals surface area contributed by atoms with Crippen molar-refractivity contribution in [1.29, 1.82) is 0 Å². The van der Waals surface area contributed by atoms with Crippen molar-refractivity contribution in [3.05, 3.63) is 129 Å². The summed E-state index contributed by atoms with van der Waals surface area (Å²) in [6, 6.07) is 31.2. The van der Waals surface area contributed by atoms with Crippen molar-refractivity contribution in [2.75, 3.05) is 11.5 Å². The second kappa shape index (κ2) is 15.5. The van der Waals surface area contributed by atoms with Crippen LogP contribution in [0.3, 0.4) is 0 Å². The van der Waals surface area contributed by atoms with E-state index in [-0.39, 0.29) is 0 Å². The molecule has 4 aromatic carbocycles. The molecule has 0 amide bonds. The van der Waals surface area contributed by atoms with Gasteiger partial charge in [-0.25, -0.2) is 0 Å². The van der Waals surface area contributed by atoms with Crippen molar-refractivity contribution in [3.63, 3.8) is 0 Å². The van der Waals surface area contributed by atoms with E-state index in [0.717, 1.165) is 24.2 Å². The SMILES string of the molecule is CCCCCCCCCCC(c1ccc(Cc2ccc(N)cc2C)cc1)c1ccc(Cc2ccc(N)cc2C)cc1. The van der Waals surface area contributed by atoms with Gasteiger partial charge in [-0.2, -0.15) is 0 Å². The van der Waals surface area contributed by atoms with Gasteiger partial charge in [0.05, 0.1) is 0 Å². The zero-order chi connectivity index (χ0) is 29.0. The van der Waals surface area contributed by atoms with Crippen LogP contribution in [-0.4, -0.2) is 0 Å². The summed E-state index contributed by atoms with van der Waals surface area (Å²) >= 11 is 0. The van der Waals surface area contributed by atoms with Crippen LogP contribution in [0.1, 0.15) is 115 Å². The van der Waals surface area contributed by atoms with Gasteiger partial charge in [-0.05, 0) is 102 Å². The molecule has 2 heteroatoms. The van der Waals surface area contributed by atoms with Crippen molar-refractivity contribution >= 4 is 11.4 Å². The molecule has 4 N–H and O–H groups in total. The van der Waals surface area contributed by atoms with E-state index in [2.05, 4.69) is 93.6 Å². The zero-order valence-corrected chi connectivity index (χ0v) is 25.6. The highest BCUT2D eigenvalue weighted by Gasteiger charge is 2.15. The zero-order valence-electron chi connectivity index (χ0n) is 25.6. The van der Waals surface area contributed by atoms with Gasteiger partial charge >= 0.3 is 0 Å². The molecule has 4 rings (SSSR count). The van der Waals surface area contributed by atoms with Crippen LogP contribution in [0.15, 0.2) is 84.9 Å². The Morgan fingerprint density at radius 3 is 1.34 bits per heavy atom. The molecular weight excluding hydrogens is 496 g/mol. The Balaban J connectivity index is 1.45. The molecule has 2 nitrogen and oxygen atoms in total. The van der Waals surface area contributed by atoms with E-state index in [4.69, 9.17) is 11.5 Å². The third-order valence-corrected chi connectivity index (χ3v) is 8.63. The molecule has 0 spiro atoms. The molecule has 0 aromatic heterocycles. The lowest BCUT2D eigenvalue weighted by Gasteiger charge is -2.19. The van der Waals surface area contributed by atoms with E-state index in [1.807, 2.05) is 12.1 Å². The summed E-state index contributed by atoms with van der Waals surface area (Å²) in [5.41, 5.74) is 24.4. The summed E-state index contributed by atoms with van der Waals surface area (Å²) in [6.07, 6.45) is 13.9. The standard InChI is InChI=1S/C39H50N2/c1-4-5-6-7-8-9-10-11-12-39(33-17-13-31(14-18-33)27-35-21-23-37(40)25-29(35)2)34-19-15-32(16-20-34)28-36-22-24-38(41)26-30(36)3/h13-26,39H,4-12,27-28,40-41H2,1-3H3. The van der Waals surface area contributed by atoms with Crippen LogP contribution in [0.4, 0.5) is 11.4 Å². The molecule has 0 radical (unpaired) electrons. The quantitative estimate of drug-likeness (QED) is 0.115. The predicted octanol–water partition coefficient (Wildman–Crippen LogP) is 10.3. The smallest absolute Gasteiger partial charge is 0.0316 e. The molecule has 41 heavy (non-hydrogen) atoms. The molecule has 0 aliphatic carbocycles. The molecule has 0 saturated heterocycles. The summed E-state index contributed by atoms with van der Waals surface area (Å²) in [5, 5.41) is 0. The maximum Gasteiger partial charge on any atom is 0.0316 e. The van der Waals surface area contributed by atoms with Gasteiger partial charge in [-0.1, -0.05) is 119 Å². The van der Waals surface area contributed by atoms with Crippen LogP contribution in [-0.2, 0) is 12.8 Å². The van der Waals surface area contributed by atoms with Gasteiger partial charge in [0.1, 0.15) is 0 Å². The number of benzene rings is 4. The van der Waals surface area contributed by atoms with Crippen molar-refractivity contribution in [3.8, 4) is 0 Å². The maximum atomic E-state index is 5.97. The van der Waals surface area contributed by atoms with Crippen LogP contribution in [0.25, 0.3) is 0 Å². The fourth-order valence-electron chi connectivity index (χ4n) is 6.02. The Bertz CT molecular complexity index is 1250. The van der Waals surface area contributed by atoms with Crippen LogP contribution in [0.2, 0.25) is 0 Å². The number of unbranched alkanes of at least 4 members (excludes halogenated alkanes) is 7. The monoisotopic (exact) mass is 546 g/mol. The molecule has 0 heterocycles. The minimum Gasteiger partial charge on any atom is -0.399 e. The first kappa shape index (κ1) is 30.4. The summed E-state index contributed by atoms with van der Waals surface area (Å²) in [4.78, 5) is 0. The van der Waals surface area contributed by atoms with Crippen LogP contribution in [0, 0.1) is 13.8 Å². The van der Waals surface area contributed by atoms with Crippen molar-refractivity contribution < 1.29 is 0 Å². The van der Waals surface area contributed by atoms with E-state index in [1.54, 1.807) is 0 Å². The van der Waals surface area contributed by atoms with E-state index < -0.39 is 0 Å². The third kappa shape index (κ3) is 9.25. The van der Waals surface area contributed by atoms with Crippen molar-refractivity contribution in [2.24, 2.45) is 0 Å². The van der Waals surface area contributed by atoms with Crippen LogP contribution >= 0.6 is 0 Å². The Morgan fingerprint density at radius 1 is 0.512 bits per heavy atom. The Labute approximate surface area is 249 Å². The number of hydrogen-bond donors (Lipinski definition) is 2. The maximum absolute atomic E-state index is 5.97. The minimum atomic E-state index is 0.426. The number of nitrogen functional groups attached to an aromatic ring is 2. The highest BCUT2D eigenvalue weighted by molar-refractivity contribution is 5.47. The molecule has 0 unspecified atom stereocenters. The van der Waals surface area contributed by atoms with Gasteiger partial charge in [0.25, 0.3) is 0 Å². The second-order valence-electron chi connectivity index (χ2n) is 12.0. The van der Waals surface area contributed by atoms with E-state index in [1.165, 1.54) is 102 Å². The lowest BCUT2D eigenvalue weighted by atomic mass is 9.85. The fraction of sp³-hybridized carbons (Fsp3) is 0.385. The minimum absolute atomic E-state index is 0.426. The molecule has 0 fully saturated rings. The van der Waals surface area contributed by atoms with Gasteiger partial charge in [-0.3, -0.25) is 0 Å². The Hall–Kier alpha value is -3.52. The number of aryl methyl sites for hydroxylation is 2. The molecule has 0 bridgehead atoms. The lowest BCUT2D eigenvalue weighted by Crippen LogP contribution is -2.03. The first-order valence-corrected chi connectivity index (χ1v) is 15.8. The molecule has 0 atom stereocenters. The average Bonchev–Trinajstić information content (AvgIpc) is 2.96. The predicted molar refractivity (Wildman–Crippen MR) is 179 cm³/mol. The molecular formula is C39H50N2. The molecule has 0 aliphatic heterocycles. The van der Waals surface area contributed by atoms with E-state index in [0.29, 0.717) is 5.92 Å². The van der Waals surface area contributed by atoms with Crippen molar-refractivity contribution in [2.45, 2.75) is 97.3 Å². The Morgan fingerprint density at radius 2 is 0.927 bits per heavy atom. The normalized spacial score (nSPS) is 11.3. The van der Waals surface area contributed by atoms with E-state index >= 15 is 0 Å². The first-order valence-electron chi connectivity index (χ1n) is 15.8. The first-order chi connectivity index (χ1) is 19.9. The third-order valence-electron chi connectivity index (χ3n) is 8.63. The summed E-state index contributed by atoms with van der Waals surface area (Å²) in [7, 11) is 0. The van der Waals surface area contributed by atoms with Crippen molar-refractivity contribution in [1.82, 2.24) is 0 Å². The topological polar surface area (TPSA) is 52.0 Å². The van der Waals surface area contributed by atoms with Gasteiger partial charge in [0.2, 0.25) is 0 Å². The molecule has 0 aliphatic rings. The average molecular weight is 547 g/mol. The fourth-order valence-corrected chi connectivity index (χ4v) is 6.02. The summed E-state index contributed by atoms with van der Waals surface area (Å²) < 4.78 is 0. The largest absolute Gasteiger partial charge is 0.399 e. The summed E-state index contributed by atoms with van der Waals surface area (Å²) in [5.74, 6) is 0.426. The second-order valence-corrected chi connectivity index (χ2v) is 12.0. The number of nitrogens with two attached hydrogens (primary N) is 2. The van der Waals surface area contributed by atoms with Crippen LogP contribution in [0.5, 0.6) is 0 Å². The van der Waals surface area contributed by atoms with Gasteiger partial charge in [0.15, 0.2) is 0 Å². The Kier molecular flexibility index (Phi) is 11.5. The van der Waals surface area contributed by atoms with Gasteiger partial charge in [0, 0.05) is 17.3 Å². The lowest BCUT2D eigenvalue weighted by molar-refractivity contribution is 0.551. The number of anilines is 2. The van der Waals surface area contributed by atoms with E-state index in [9.17, 15) is 0 Å². The number of rotatable bonds is 15. The van der Waals surface area contributed by atoms with Crippen LogP contribution < -0.4 is 11.5 Å². The molecule has 4 aromatic rings. The highest BCUT2D eigenvalue weighted by atomic mass is 14.5. The molecule has 216 valence electrons.